The highest BCUT2D eigenvalue weighted by Crippen LogP contribution is 2.28. The standard InChI is InChI=1S/C17H16ClN7O5/c1-2-23-8-13(15(22-23)16(19)26)20-17(27)12-5-6-24(21-12)9-30-14-4-3-10(25(28)29)7-11(14)18/h3-8H,2,9H2,1H3,(H2,19,26)(H,20,27). The minimum atomic E-state index is -0.767. The van der Waals surface area contributed by atoms with Crippen LogP contribution >= 0.6 is 11.6 Å². The molecule has 13 heteroatoms. The van der Waals surface area contributed by atoms with Crippen LogP contribution in [0.4, 0.5) is 11.4 Å². The molecule has 0 radical (unpaired) electrons. The van der Waals surface area contributed by atoms with Gasteiger partial charge in [0.15, 0.2) is 18.1 Å². The van der Waals surface area contributed by atoms with Gasteiger partial charge in [-0.3, -0.25) is 24.4 Å². The first-order chi connectivity index (χ1) is 14.3. The zero-order valence-corrected chi connectivity index (χ0v) is 16.4. The number of hydrogen-bond donors (Lipinski definition) is 2. The van der Waals surface area contributed by atoms with E-state index in [9.17, 15) is 19.7 Å². The van der Waals surface area contributed by atoms with E-state index in [4.69, 9.17) is 22.1 Å². The number of non-ortho nitro benzene ring substituents is 1. The maximum absolute atomic E-state index is 12.4. The van der Waals surface area contributed by atoms with E-state index >= 15 is 0 Å². The second kappa shape index (κ2) is 8.61. The number of carbonyl (C=O) groups excluding carboxylic acids is 2. The van der Waals surface area contributed by atoms with Gasteiger partial charge >= 0.3 is 0 Å². The Morgan fingerprint density at radius 2 is 2.07 bits per heavy atom. The van der Waals surface area contributed by atoms with Gasteiger partial charge in [-0.05, 0) is 19.1 Å². The number of hydrogen-bond acceptors (Lipinski definition) is 7. The molecule has 0 saturated heterocycles. The molecule has 0 unspecified atom stereocenters. The first kappa shape index (κ1) is 20.8. The summed E-state index contributed by atoms with van der Waals surface area (Å²) in [5, 5.41) is 21.4. The second-order valence-electron chi connectivity index (χ2n) is 5.95. The van der Waals surface area contributed by atoms with Gasteiger partial charge in [-0.15, -0.1) is 0 Å². The molecule has 3 rings (SSSR count). The molecule has 0 fully saturated rings. The number of rotatable bonds is 8. The third-order valence-electron chi connectivity index (χ3n) is 3.92. The molecule has 30 heavy (non-hydrogen) atoms. The largest absolute Gasteiger partial charge is 0.470 e. The van der Waals surface area contributed by atoms with Crippen molar-refractivity contribution in [1.29, 1.82) is 0 Å². The van der Waals surface area contributed by atoms with Gasteiger partial charge in [-0.25, -0.2) is 4.68 Å². The predicted molar refractivity (Wildman–Crippen MR) is 105 cm³/mol. The van der Waals surface area contributed by atoms with Gasteiger partial charge in [-0.1, -0.05) is 11.6 Å². The van der Waals surface area contributed by atoms with Crippen molar-refractivity contribution >= 4 is 34.8 Å². The molecule has 2 aromatic heterocycles. The van der Waals surface area contributed by atoms with Crippen molar-refractivity contribution in [3.63, 3.8) is 0 Å². The fraction of sp³-hybridized carbons (Fsp3) is 0.176. The molecular weight excluding hydrogens is 418 g/mol. The van der Waals surface area contributed by atoms with Crippen LogP contribution in [-0.2, 0) is 13.3 Å². The third kappa shape index (κ3) is 4.55. The van der Waals surface area contributed by atoms with E-state index in [0.717, 1.165) is 0 Å². The number of nitrogens with one attached hydrogen (secondary N) is 1. The number of nitrogens with two attached hydrogens (primary N) is 1. The van der Waals surface area contributed by atoms with Crippen LogP contribution in [0.2, 0.25) is 5.02 Å². The van der Waals surface area contributed by atoms with Crippen molar-refractivity contribution in [3.05, 3.63) is 63.2 Å². The lowest BCUT2D eigenvalue weighted by atomic mass is 10.3. The Hall–Kier alpha value is -3.93. The average molecular weight is 434 g/mol. The maximum Gasteiger partial charge on any atom is 0.276 e. The lowest BCUT2D eigenvalue weighted by Gasteiger charge is -2.07. The van der Waals surface area contributed by atoms with E-state index in [-0.39, 0.29) is 40.3 Å². The van der Waals surface area contributed by atoms with E-state index < -0.39 is 16.7 Å². The average Bonchev–Trinajstić information content (AvgIpc) is 3.34. The Kier molecular flexibility index (Phi) is 5.97. The predicted octanol–water partition coefficient (Wildman–Crippen LogP) is 2.05. The molecule has 2 amide bonds. The second-order valence-corrected chi connectivity index (χ2v) is 6.36. The van der Waals surface area contributed by atoms with Gasteiger partial charge in [0.2, 0.25) is 0 Å². The summed E-state index contributed by atoms with van der Waals surface area (Å²) in [6.07, 6.45) is 2.99. The Bertz CT molecular complexity index is 1120. The maximum atomic E-state index is 12.4. The van der Waals surface area contributed by atoms with E-state index in [1.165, 1.54) is 46.0 Å². The van der Waals surface area contributed by atoms with Crippen molar-refractivity contribution in [3.8, 4) is 5.75 Å². The highest BCUT2D eigenvalue weighted by molar-refractivity contribution is 6.32. The molecule has 0 spiro atoms. The molecule has 2 heterocycles. The number of benzene rings is 1. The summed E-state index contributed by atoms with van der Waals surface area (Å²) in [5.41, 5.74) is 5.31. The van der Waals surface area contributed by atoms with Crippen molar-refractivity contribution in [2.24, 2.45) is 5.73 Å². The topological polar surface area (TPSA) is 160 Å². The fourth-order valence-electron chi connectivity index (χ4n) is 2.45. The van der Waals surface area contributed by atoms with Gasteiger partial charge in [0.25, 0.3) is 17.5 Å². The summed E-state index contributed by atoms with van der Waals surface area (Å²) >= 11 is 5.97. The third-order valence-corrected chi connectivity index (χ3v) is 4.21. The number of amides is 2. The molecule has 0 saturated carbocycles. The Balaban J connectivity index is 1.66. The molecule has 0 bridgehead atoms. The Morgan fingerprint density at radius 3 is 2.70 bits per heavy atom. The van der Waals surface area contributed by atoms with E-state index in [2.05, 4.69) is 15.5 Å². The summed E-state index contributed by atoms with van der Waals surface area (Å²) < 4.78 is 8.28. The van der Waals surface area contributed by atoms with Crippen LogP contribution in [0.15, 0.2) is 36.7 Å². The number of carbonyl (C=O) groups is 2. The van der Waals surface area contributed by atoms with E-state index in [0.29, 0.717) is 6.54 Å². The summed E-state index contributed by atoms with van der Waals surface area (Å²) in [4.78, 5) is 34.1. The molecule has 0 atom stereocenters. The first-order valence-electron chi connectivity index (χ1n) is 8.57. The van der Waals surface area contributed by atoms with E-state index in [1.807, 2.05) is 6.92 Å². The Labute approximate surface area is 174 Å². The van der Waals surface area contributed by atoms with Crippen LogP contribution in [0.1, 0.15) is 27.9 Å². The van der Waals surface area contributed by atoms with Crippen molar-refractivity contribution in [2.45, 2.75) is 20.2 Å². The molecule has 156 valence electrons. The van der Waals surface area contributed by atoms with Crippen molar-refractivity contribution in [2.75, 3.05) is 5.32 Å². The summed E-state index contributed by atoms with van der Waals surface area (Å²) in [5.74, 6) is -1.11. The number of nitro benzene ring substituents is 1. The number of aromatic nitrogens is 4. The van der Waals surface area contributed by atoms with Gasteiger partial charge in [0.05, 0.1) is 15.6 Å². The highest BCUT2D eigenvalue weighted by Gasteiger charge is 2.18. The number of anilines is 1. The normalized spacial score (nSPS) is 10.6. The summed E-state index contributed by atoms with van der Waals surface area (Å²) in [6, 6.07) is 5.25. The van der Waals surface area contributed by atoms with Crippen molar-refractivity contribution < 1.29 is 19.2 Å². The van der Waals surface area contributed by atoms with Gasteiger partial charge in [0, 0.05) is 31.1 Å². The lowest BCUT2D eigenvalue weighted by molar-refractivity contribution is -0.384. The lowest BCUT2D eigenvalue weighted by Crippen LogP contribution is -2.18. The number of aryl methyl sites for hydroxylation is 1. The van der Waals surface area contributed by atoms with Crippen molar-refractivity contribution in [1.82, 2.24) is 19.6 Å². The molecule has 3 N–H and O–H groups in total. The quantitative estimate of drug-likeness (QED) is 0.406. The molecule has 12 nitrogen and oxygen atoms in total. The first-order valence-corrected chi connectivity index (χ1v) is 8.95. The van der Waals surface area contributed by atoms with Gasteiger partial charge in [0.1, 0.15) is 5.75 Å². The molecular formula is C17H16ClN7O5. The number of ether oxygens (including phenoxy) is 1. The SMILES string of the molecule is CCn1cc(NC(=O)c2ccn(COc3ccc([N+](=O)[O-])cc3Cl)n2)c(C(N)=O)n1. The molecule has 1 aromatic carbocycles. The van der Waals surface area contributed by atoms with Crippen LogP contribution in [0, 0.1) is 10.1 Å². The minimum absolute atomic E-state index is 0.0548. The van der Waals surface area contributed by atoms with Crippen LogP contribution < -0.4 is 15.8 Å². The summed E-state index contributed by atoms with van der Waals surface area (Å²) in [6.45, 7) is 2.22. The summed E-state index contributed by atoms with van der Waals surface area (Å²) in [7, 11) is 0. The smallest absolute Gasteiger partial charge is 0.276 e. The number of halogens is 1. The molecule has 0 aliphatic rings. The number of nitrogens with zero attached hydrogens (tertiary/aromatic N) is 5. The van der Waals surface area contributed by atoms with Crippen LogP contribution in [0.25, 0.3) is 0 Å². The minimum Gasteiger partial charge on any atom is -0.470 e. The number of primary amides is 1. The van der Waals surface area contributed by atoms with E-state index in [1.54, 1.807) is 0 Å². The molecule has 0 aliphatic heterocycles. The fourth-order valence-corrected chi connectivity index (χ4v) is 2.68. The van der Waals surface area contributed by atoms with Crippen LogP contribution in [0.5, 0.6) is 5.75 Å². The zero-order chi connectivity index (χ0) is 21.8. The van der Waals surface area contributed by atoms with Gasteiger partial charge < -0.3 is 15.8 Å². The number of nitro groups is 1. The molecule has 0 aliphatic carbocycles. The zero-order valence-electron chi connectivity index (χ0n) is 15.6. The van der Waals surface area contributed by atoms with Crippen LogP contribution in [-0.4, -0.2) is 36.3 Å². The highest BCUT2D eigenvalue weighted by atomic mass is 35.5. The monoisotopic (exact) mass is 433 g/mol. The van der Waals surface area contributed by atoms with Gasteiger partial charge in [-0.2, -0.15) is 10.2 Å². The van der Waals surface area contributed by atoms with Crippen LogP contribution in [0.3, 0.4) is 0 Å². The Morgan fingerprint density at radius 1 is 1.30 bits per heavy atom. The molecule has 3 aromatic rings.